The van der Waals surface area contributed by atoms with E-state index in [9.17, 15) is 0 Å². The van der Waals surface area contributed by atoms with Crippen molar-refractivity contribution in [2.24, 2.45) is 0 Å². The molecule has 0 saturated carbocycles. The van der Waals surface area contributed by atoms with E-state index in [0.29, 0.717) is 0 Å². The summed E-state index contributed by atoms with van der Waals surface area (Å²) in [5.74, 6) is 0. The van der Waals surface area contributed by atoms with Gasteiger partial charge < -0.3 is 0 Å². The van der Waals surface area contributed by atoms with Crippen LogP contribution in [0.2, 0.25) is 0 Å². The minimum atomic E-state index is -0.432. The third kappa shape index (κ3) is 4.91. The monoisotopic (exact) mass is 623 g/mol. The van der Waals surface area contributed by atoms with Crippen molar-refractivity contribution in [1.82, 2.24) is 4.98 Å². The van der Waals surface area contributed by atoms with Crippen LogP contribution in [0.25, 0.3) is 55.9 Å². The summed E-state index contributed by atoms with van der Waals surface area (Å²) in [5.41, 5.74) is 16.1. The van der Waals surface area contributed by atoms with Crippen LogP contribution in [0.15, 0.2) is 200 Å². The Morgan fingerprint density at radius 1 is 0.286 bits per heavy atom. The van der Waals surface area contributed by atoms with Gasteiger partial charge in [-0.3, -0.25) is 0 Å². The second-order valence-electron chi connectivity index (χ2n) is 12.7. The van der Waals surface area contributed by atoms with Crippen LogP contribution in [0.3, 0.4) is 0 Å². The van der Waals surface area contributed by atoms with Gasteiger partial charge in [-0.05, 0) is 79.9 Å². The van der Waals surface area contributed by atoms with Gasteiger partial charge in [0, 0.05) is 11.1 Å². The Kier molecular flexibility index (Phi) is 7.10. The van der Waals surface area contributed by atoms with Crippen molar-refractivity contribution in [3.63, 3.8) is 0 Å². The number of rotatable bonds is 6. The number of pyridine rings is 1. The molecule has 1 nitrogen and oxygen atoms in total. The van der Waals surface area contributed by atoms with Crippen LogP contribution >= 0.6 is 0 Å². The van der Waals surface area contributed by atoms with Crippen LogP contribution in [-0.4, -0.2) is 4.98 Å². The molecule has 0 amide bonds. The zero-order valence-electron chi connectivity index (χ0n) is 27.0. The van der Waals surface area contributed by atoms with E-state index in [1.165, 1.54) is 50.1 Å². The minimum absolute atomic E-state index is 0.432. The van der Waals surface area contributed by atoms with Crippen molar-refractivity contribution in [1.29, 1.82) is 0 Å². The van der Waals surface area contributed by atoms with Gasteiger partial charge in [-0.2, -0.15) is 0 Å². The zero-order chi connectivity index (χ0) is 32.6. The van der Waals surface area contributed by atoms with E-state index in [-0.39, 0.29) is 0 Å². The van der Waals surface area contributed by atoms with Crippen LogP contribution in [0, 0.1) is 0 Å². The summed E-state index contributed by atoms with van der Waals surface area (Å²) in [6, 6.07) is 72.2. The van der Waals surface area contributed by atoms with Gasteiger partial charge in [0.05, 0.1) is 16.8 Å². The van der Waals surface area contributed by atoms with Crippen LogP contribution in [0.1, 0.15) is 22.3 Å². The molecule has 0 spiro atoms. The largest absolute Gasteiger partial charge is 0.248 e. The molecule has 0 fully saturated rings. The molecule has 7 aromatic carbocycles. The van der Waals surface area contributed by atoms with E-state index >= 15 is 0 Å². The van der Waals surface area contributed by atoms with Crippen molar-refractivity contribution in [3.05, 3.63) is 222 Å². The molecule has 9 rings (SSSR count). The molecule has 1 aromatic heterocycles. The smallest absolute Gasteiger partial charge is 0.0715 e. The molecule has 1 aliphatic rings. The lowest BCUT2D eigenvalue weighted by Crippen LogP contribution is -2.28. The summed E-state index contributed by atoms with van der Waals surface area (Å²) in [6.07, 6.45) is 0. The molecule has 49 heavy (non-hydrogen) atoms. The molecule has 0 bridgehead atoms. The first-order chi connectivity index (χ1) is 24.3. The fraction of sp³-hybridized carbons (Fsp3) is 0.0208. The molecule has 1 heteroatoms. The van der Waals surface area contributed by atoms with Gasteiger partial charge in [0.1, 0.15) is 0 Å². The molecule has 1 aliphatic carbocycles. The van der Waals surface area contributed by atoms with Gasteiger partial charge in [-0.25, -0.2) is 4.98 Å². The normalized spacial score (nSPS) is 12.7. The number of hydrogen-bond acceptors (Lipinski definition) is 1. The van der Waals surface area contributed by atoms with Crippen molar-refractivity contribution in [3.8, 4) is 55.9 Å². The Morgan fingerprint density at radius 2 is 0.776 bits per heavy atom. The second-order valence-corrected chi connectivity index (χ2v) is 12.7. The Balaban J connectivity index is 1.22. The van der Waals surface area contributed by atoms with Crippen molar-refractivity contribution >= 4 is 0 Å². The molecular weight excluding hydrogens is 591 g/mol. The highest BCUT2D eigenvalue weighted by atomic mass is 14.7. The highest BCUT2D eigenvalue weighted by Gasteiger charge is 2.46. The lowest BCUT2D eigenvalue weighted by atomic mass is 9.67. The average molecular weight is 624 g/mol. The molecule has 0 aliphatic heterocycles. The molecule has 0 radical (unpaired) electrons. The van der Waals surface area contributed by atoms with Gasteiger partial charge in [0.15, 0.2) is 0 Å². The third-order valence-electron chi connectivity index (χ3n) is 9.95. The first kappa shape index (κ1) is 28.9. The van der Waals surface area contributed by atoms with Gasteiger partial charge in [-0.1, -0.05) is 176 Å². The average Bonchev–Trinajstić information content (AvgIpc) is 3.49. The molecule has 0 saturated heterocycles. The van der Waals surface area contributed by atoms with Crippen molar-refractivity contribution in [2.75, 3.05) is 0 Å². The molecule has 8 aromatic rings. The van der Waals surface area contributed by atoms with E-state index in [1.807, 2.05) is 6.07 Å². The first-order valence-electron chi connectivity index (χ1n) is 16.9. The van der Waals surface area contributed by atoms with Crippen LogP contribution in [0.4, 0.5) is 0 Å². The number of fused-ring (bicyclic) bond motifs is 3. The minimum Gasteiger partial charge on any atom is -0.248 e. The summed E-state index contributed by atoms with van der Waals surface area (Å²) < 4.78 is 0. The van der Waals surface area contributed by atoms with E-state index in [4.69, 9.17) is 4.98 Å². The first-order valence-corrected chi connectivity index (χ1v) is 16.9. The Hall–Kier alpha value is -6.31. The summed E-state index contributed by atoms with van der Waals surface area (Å²) in [4.78, 5) is 5.22. The Bertz CT molecular complexity index is 2320. The summed E-state index contributed by atoms with van der Waals surface area (Å²) in [6.45, 7) is 0. The number of aromatic nitrogens is 1. The Labute approximate surface area is 287 Å². The van der Waals surface area contributed by atoms with E-state index in [0.717, 1.165) is 28.1 Å². The number of nitrogens with zero attached hydrogens (tertiary/aromatic N) is 1. The molecule has 230 valence electrons. The highest BCUT2D eigenvalue weighted by Crippen LogP contribution is 2.56. The molecule has 1 heterocycles. The second kappa shape index (κ2) is 12.0. The third-order valence-corrected chi connectivity index (χ3v) is 9.95. The standard InChI is InChI=1S/C48H33N/c1-5-16-34(17-6-1)39-32-46(35-18-7-2-8-19-35)49-47(33-39)38-21-15-20-36(30-38)37-28-29-43-42-26-13-14-27-44(42)48(45(43)31-37,40-22-9-3-10-23-40)41-24-11-4-12-25-41/h1-33H. The predicted molar refractivity (Wildman–Crippen MR) is 203 cm³/mol. The summed E-state index contributed by atoms with van der Waals surface area (Å²) in [5, 5.41) is 0. The quantitative estimate of drug-likeness (QED) is 0.180. The van der Waals surface area contributed by atoms with Gasteiger partial charge in [0.2, 0.25) is 0 Å². The van der Waals surface area contributed by atoms with Gasteiger partial charge >= 0.3 is 0 Å². The van der Waals surface area contributed by atoms with E-state index in [1.54, 1.807) is 0 Å². The van der Waals surface area contributed by atoms with E-state index in [2.05, 4.69) is 194 Å². The fourth-order valence-electron chi connectivity index (χ4n) is 7.71. The Morgan fingerprint density at radius 3 is 1.45 bits per heavy atom. The topological polar surface area (TPSA) is 12.9 Å². The molecular formula is C48H33N. The molecule has 0 atom stereocenters. The van der Waals surface area contributed by atoms with Gasteiger partial charge in [-0.15, -0.1) is 0 Å². The maximum Gasteiger partial charge on any atom is 0.0715 e. The summed E-state index contributed by atoms with van der Waals surface area (Å²) in [7, 11) is 0. The molecule has 0 N–H and O–H groups in total. The van der Waals surface area contributed by atoms with Crippen LogP contribution in [-0.2, 0) is 5.41 Å². The number of hydrogen-bond donors (Lipinski definition) is 0. The zero-order valence-corrected chi connectivity index (χ0v) is 27.0. The maximum atomic E-state index is 5.22. The fourth-order valence-corrected chi connectivity index (χ4v) is 7.71. The summed E-state index contributed by atoms with van der Waals surface area (Å²) >= 11 is 0. The van der Waals surface area contributed by atoms with E-state index < -0.39 is 5.41 Å². The lowest BCUT2D eigenvalue weighted by Gasteiger charge is -2.34. The van der Waals surface area contributed by atoms with Gasteiger partial charge in [0.25, 0.3) is 0 Å². The SMILES string of the molecule is c1ccc(-c2cc(-c3ccccc3)nc(-c3cccc(-c4ccc5c(c4)C(c4ccccc4)(c4ccccc4)c4ccccc4-5)c3)c2)cc1. The lowest BCUT2D eigenvalue weighted by molar-refractivity contribution is 0.769. The van der Waals surface area contributed by atoms with Crippen LogP contribution < -0.4 is 0 Å². The molecule has 0 unspecified atom stereocenters. The number of benzene rings is 7. The van der Waals surface area contributed by atoms with Crippen molar-refractivity contribution < 1.29 is 0 Å². The predicted octanol–water partition coefficient (Wildman–Crippen LogP) is 12.1. The highest BCUT2D eigenvalue weighted by molar-refractivity contribution is 5.89. The maximum absolute atomic E-state index is 5.22. The van der Waals surface area contributed by atoms with Crippen molar-refractivity contribution in [2.45, 2.75) is 5.41 Å². The van der Waals surface area contributed by atoms with Crippen LogP contribution in [0.5, 0.6) is 0 Å².